The van der Waals surface area contributed by atoms with E-state index >= 15 is 0 Å². The topological polar surface area (TPSA) is 18.5 Å². The van der Waals surface area contributed by atoms with Gasteiger partial charge in [0.2, 0.25) is 0 Å². The van der Waals surface area contributed by atoms with Crippen LogP contribution in [0.25, 0.3) is 0 Å². The van der Waals surface area contributed by atoms with Crippen molar-refractivity contribution in [3.05, 3.63) is 43.0 Å². The van der Waals surface area contributed by atoms with Crippen molar-refractivity contribution in [3.8, 4) is 5.75 Å². The smallest absolute Gasteiger partial charge is 0.119 e. The minimum absolute atomic E-state index is 0.682. The van der Waals surface area contributed by atoms with E-state index in [0.29, 0.717) is 6.61 Å². The Morgan fingerprint density at radius 1 is 0.800 bits per heavy atom. The first-order valence-electron chi connectivity index (χ1n) is 7.80. The standard InChI is InChI=1S/C18H28O2/c1-2-15-19-16-11-6-4-3-5-7-12-17-20-18-13-9-8-10-14-18/h2,8-10,13-14H,1,3-7,11-12,15-17H2. The van der Waals surface area contributed by atoms with Crippen LogP contribution >= 0.6 is 0 Å². The van der Waals surface area contributed by atoms with Crippen LogP contribution in [-0.2, 0) is 4.74 Å². The molecular weight excluding hydrogens is 248 g/mol. The number of hydrogen-bond donors (Lipinski definition) is 0. The first-order chi connectivity index (χ1) is 9.93. The molecule has 0 amide bonds. The van der Waals surface area contributed by atoms with Gasteiger partial charge in [-0.2, -0.15) is 0 Å². The molecule has 2 nitrogen and oxygen atoms in total. The fourth-order valence-corrected chi connectivity index (χ4v) is 2.06. The van der Waals surface area contributed by atoms with E-state index in [9.17, 15) is 0 Å². The summed E-state index contributed by atoms with van der Waals surface area (Å²) in [6, 6.07) is 10.0. The number of rotatable bonds is 13. The maximum Gasteiger partial charge on any atom is 0.119 e. The molecule has 0 N–H and O–H groups in total. The van der Waals surface area contributed by atoms with Crippen LogP contribution < -0.4 is 4.74 Å². The summed E-state index contributed by atoms with van der Waals surface area (Å²) in [6.07, 6.45) is 10.6. The van der Waals surface area contributed by atoms with Crippen LogP contribution in [0.5, 0.6) is 5.75 Å². The number of unbranched alkanes of at least 4 members (excludes halogenated alkanes) is 6. The van der Waals surface area contributed by atoms with Gasteiger partial charge in [0.25, 0.3) is 0 Å². The molecule has 0 spiro atoms. The van der Waals surface area contributed by atoms with Crippen molar-refractivity contribution in [2.24, 2.45) is 0 Å². The van der Waals surface area contributed by atoms with Crippen molar-refractivity contribution in [3.63, 3.8) is 0 Å². The molecule has 1 aromatic carbocycles. The Kier molecular flexibility index (Phi) is 10.7. The molecule has 0 saturated carbocycles. The van der Waals surface area contributed by atoms with Crippen molar-refractivity contribution < 1.29 is 9.47 Å². The Hall–Kier alpha value is -1.28. The van der Waals surface area contributed by atoms with Gasteiger partial charge in [0.1, 0.15) is 5.75 Å². The third-order valence-electron chi connectivity index (χ3n) is 3.18. The number of ether oxygens (including phenoxy) is 2. The van der Waals surface area contributed by atoms with Gasteiger partial charge in [0.05, 0.1) is 13.2 Å². The summed E-state index contributed by atoms with van der Waals surface area (Å²) in [7, 11) is 0. The minimum atomic E-state index is 0.682. The molecule has 2 heteroatoms. The third-order valence-corrected chi connectivity index (χ3v) is 3.18. The van der Waals surface area contributed by atoms with Crippen molar-refractivity contribution in [1.82, 2.24) is 0 Å². The molecule has 0 aliphatic rings. The highest BCUT2D eigenvalue weighted by atomic mass is 16.5. The highest BCUT2D eigenvalue weighted by Crippen LogP contribution is 2.11. The lowest BCUT2D eigenvalue weighted by Crippen LogP contribution is -1.97. The predicted octanol–water partition coefficient (Wildman–Crippen LogP) is 5.00. The SMILES string of the molecule is C=CCOCCCCCCCCCOc1ccccc1. The quantitative estimate of drug-likeness (QED) is 0.373. The molecule has 0 aliphatic heterocycles. The summed E-state index contributed by atoms with van der Waals surface area (Å²) in [5, 5.41) is 0. The fourth-order valence-electron chi connectivity index (χ4n) is 2.06. The number of para-hydroxylation sites is 1. The van der Waals surface area contributed by atoms with E-state index < -0.39 is 0 Å². The molecule has 0 aliphatic carbocycles. The Balaban J connectivity index is 1.78. The van der Waals surface area contributed by atoms with Gasteiger partial charge in [-0.05, 0) is 25.0 Å². The van der Waals surface area contributed by atoms with Gasteiger partial charge in [0.15, 0.2) is 0 Å². The highest BCUT2D eigenvalue weighted by molar-refractivity contribution is 5.20. The first-order valence-corrected chi connectivity index (χ1v) is 7.80. The Labute approximate surface area is 123 Å². The lowest BCUT2D eigenvalue weighted by atomic mass is 10.1. The fraction of sp³-hybridized carbons (Fsp3) is 0.556. The predicted molar refractivity (Wildman–Crippen MR) is 85.3 cm³/mol. The molecule has 112 valence electrons. The lowest BCUT2D eigenvalue weighted by Gasteiger charge is -2.05. The molecule has 1 rings (SSSR count). The average molecular weight is 276 g/mol. The zero-order chi connectivity index (χ0) is 14.3. The molecule has 20 heavy (non-hydrogen) atoms. The van der Waals surface area contributed by atoms with Gasteiger partial charge in [0, 0.05) is 6.61 Å². The van der Waals surface area contributed by atoms with Gasteiger partial charge in [-0.25, -0.2) is 0 Å². The second-order valence-electron chi connectivity index (χ2n) is 5.00. The Morgan fingerprint density at radius 3 is 2.05 bits per heavy atom. The molecule has 0 saturated heterocycles. The van der Waals surface area contributed by atoms with Gasteiger partial charge in [-0.3, -0.25) is 0 Å². The molecule has 0 atom stereocenters. The molecule has 0 aromatic heterocycles. The highest BCUT2D eigenvalue weighted by Gasteiger charge is 1.94. The molecular formula is C18H28O2. The monoisotopic (exact) mass is 276 g/mol. The van der Waals surface area contributed by atoms with E-state index in [0.717, 1.165) is 25.4 Å². The van der Waals surface area contributed by atoms with E-state index in [4.69, 9.17) is 9.47 Å². The molecule has 1 aromatic rings. The first kappa shape index (κ1) is 16.8. The van der Waals surface area contributed by atoms with E-state index in [1.54, 1.807) is 6.08 Å². The second kappa shape index (κ2) is 12.7. The summed E-state index contributed by atoms with van der Waals surface area (Å²) in [6.45, 7) is 6.01. The van der Waals surface area contributed by atoms with Gasteiger partial charge in [-0.1, -0.05) is 56.4 Å². The zero-order valence-corrected chi connectivity index (χ0v) is 12.6. The number of benzene rings is 1. The van der Waals surface area contributed by atoms with Crippen LogP contribution in [0, 0.1) is 0 Å². The maximum absolute atomic E-state index is 5.66. The molecule has 0 heterocycles. The Morgan fingerprint density at radius 2 is 1.40 bits per heavy atom. The van der Waals surface area contributed by atoms with E-state index in [1.165, 1.54) is 38.5 Å². The molecule has 0 bridgehead atoms. The van der Waals surface area contributed by atoms with Crippen LogP contribution in [0.3, 0.4) is 0 Å². The summed E-state index contributed by atoms with van der Waals surface area (Å²) in [4.78, 5) is 0. The second-order valence-corrected chi connectivity index (χ2v) is 5.00. The Bertz CT molecular complexity index is 321. The summed E-state index contributed by atoms with van der Waals surface area (Å²) < 4.78 is 11.0. The van der Waals surface area contributed by atoms with Crippen LogP contribution in [0.2, 0.25) is 0 Å². The van der Waals surface area contributed by atoms with Crippen molar-refractivity contribution in [2.75, 3.05) is 19.8 Å². The summed E-state index contributed by atoms with van der Waals surface area (Å²) in [5.41, 5.74) is 0. The van der Waals surface area contributed by atoms with Crippen LogP contribution in [0.1, 0.15) is 44.9 Å². The molecule has 0 fully saturated rings. The van der Waals surface area contributed by atoms with Crippen LogP contribution in [0.4, 0.5) is 0 Å². The van der Waals surface area contributed by atoms with Crippen molar-refractivity contribution in [2.45, 2.75) is 44.9 Å². The minimum Gasteiger partial charge on any atom is -0.494 e. The maximum atomic E-state index is 5.66. The zero-order valence-electron chi connectivity index (χ0n) is 12.6. The van der Waals surface area contributed by atoms with Gasteiger partial charge < -0.3 is 9.47 Å². The summed E-state index contributed by atoms with van der Waals surface area (Å²) in [5.74, 6) is 0.979. The molecule has 0 unspecified atom stereocenters. The van der Waals surface area contributed by atoms with Crippen LogP contribution in [0.15, 0.2) is 43.0 Å². The largest absolute Gasteiger partial charge is 0.494 e. The number of hydrogen-bond acceptors (Lipinski definition) is 2. The lowest BCUT2D eigenvalue weighted by molar-refractivity contribution is 0.157. The van der Waals surface area contributed by atoms with Gasteiger partial charge >= 0.3 is 0 Å². The van der Waals surface area contributed by atoms with Crippen LogP contribution in [-0.4, -0.2) is 19.8 Å². The summed E-state index contributed by atoms with van der Waals surface area (Å²) >= 11 is 0. The van der Waals surface area contributed by atoms with E-state index in [2.05, 4.69) is 6.58 Å². The van der Waals surface area contributed by atoms with Crippen molar-refractivity contribution >= 4 is 0 Å². The van der Waals surface area contributed by atoms with Gasteiger partial charge in [-0.15, -0.1) is 6.58 Å². The van der Waals surface area contributed by atoms with E-state index in [-0.39, 0.29) is 0 Å². The molecule has 0 radical (unpaired) electrons. The third kappa shape index (κ3) is 9.62. The van der Waals surface area contributed by atoms with Crippen molar-refractivity contribution in [1.29, 1.82) is 0 Å². The normalized spacial score (nSPS) is 10.4. The average Bonchev–Trinajstić information content (AvgIpc) is 2.49. The van der Waals surface area contributed by atoms with E-state index in [1.807, 2.05) is 30.3 Å².